The maximum Gasteiger partial charge on any atom is 0.195 e. The zero-order valence-electron chi connectivity index (χ0n) is 9.70. The Balaban J connectivity index is 1.88. The van der Waals surface area contributed by atoms with Crippen LogP contribution in [0.4, 0.5) is 5.82 Å². The maximum atomic E-state index is 5.18. The van der Waals surface area contributed by atoms with E-state index in [1.54, 1.807) is 17.6 Å². The van der Waals surface area contributed by atoms with Gasteiger partial charge in [0.05, 0.1) is 16.5 Å². The Morgan fingerprint density at radius 2 is 2.33 bits per heavy atom. The van der Waals surface area contributed by atoms with E-state index < -0.39 is 0 Å². The van der Waals surface area contributed by atoms with Crippen LogP contribution in [0.15, 0.2) is 44.7 Å². The summed E-state index contributed by atoms with van der Waals surface area (Å²) in [6.07, 6.45) is 3.14. The molecule has 0 unspecified atom stereocenters. The highest BCUT2D eigenvalue weighted by molar-refractivity contribution is 7.17. The second kappa shape index (κ2) is 4.66. The molecule has 0 N–H and O–H groups in total. The summed E-state index contributed by atoms with van der Waals surface area (Å²) in [7, 11) is 0. The predicted molar refractivity (Wildman–Crippen MR) is 69.1 cm³/mol. The molecule has 3 rings (SSSR count). The summed E-state index contributed by atoms with van der Waals surface area (Å²) in [6, 6.07) is 3.69. The first-order valence-electron chi connectivity index (χ1n) is 5.43. The van der Waals surface area contributed by atoms with Gasteiger partial charge in [0, 0.05) is 0 Å². The molecule has 0 aliphatic carbocycles. The van der Waals surface area contributed by atoms with Crippen molar-refractivity contribution >= 4 is 27.4 Å². The monoisotopic (exact) mass is 258 g/mol. The molecule has 0 aliphatic rings. The van der Waals surface area contributed by atoms with Gasteiger partial charge in [-0.25, -0.2) is 9.97 Å². The van der Waals surface area contributed by atoms with Crippen molar-refractivity contribution in [1.82, 2.24) is 9.97 Å². The van der Waals surface area contributed by atoms with E-state index in [2.05, 4.69) is 20.2 Å². The van der Waals surface area contributed by atoms with E-state index in [9.17, 15) is 0 Å². The molecule has 6 heteroatoms. The van der Waals surface area contributed by atoms with Crippen LogP contribution < -0.4 is 0 Å². The lowest BCUT2D eigenvalue weighted by Crippen LogP contribution is -1.80. The molecule has 3 heterocycles. The van der Waals surface area contributed by atoms with Crippen molar-refractivity contribution in [3.8, 4) is 0 Å². The van der Waals surface area contributed by atoms with Crippen LogP contribution in [0, 0.1) is 6.92 Å². The molecule has 0 amide bonds. The number of thiophene rings is 1. The normalized spacial score (nSPS) is 11.6. The SMILES string of the molecule is Cc1csc2c(N=NCc3ccco3)ncnc12. The van der Waals surface area contributed by atoms with Gasteiger partial charge in [-0.2, -0.15) is 5.11 Å². The van der Waals surface area contributed by atoms with Crippen molar-refractivity contribution in [2.24, 2.45) is 10.2 Å². The van der Waals surface area contributed by atoms with Gasteiger partial charge in [0.25, 0.3) is 0 Å². The Labute approximate surface area is 107 Å². The molecule has 0 saturated carbocycles. The van der Waals surface area contributed by atoms with Gasteiger partial charge in [-0.05, 0) is 30.0 Å². The first-order chi connectivity index (χ1) is 8.84. The van der Waals surface area contributed by atoms with Crippen LogP contribution in [0.5, 0.6) is 0 Å². The molecule has 3 aromatic heterocycles. The average molecular weight is 258 g/mol. The van der Waals surface area contributed by atoms with Crippen molar-refractivity contribution < 1.29 is 4.42 Å². The average Bonchev–Trinajstić information content (AvgIpc) is 3.01. The van der Waals surface area contributed by atoms with Crippen molar-refractivity contribution in [3.05, 3.63) is 41.4 Å². The minimum absolute atomic E-state index is 0.419. The Morgan fingerprint density at radius 1 is 1.39 bits per heavy atom. The Bertz CT molecular complexity index is 687. The number of aryl methyl sites for hydroxylation is 1. The van der Waals surface area contributed by atoms with Gasteiger partial charge in [0.1, 0.15) is 18.6 Å². The van der Waals surface area contributed by atoms with Crippen molar-refractivity contribution in [2.75, 3.05) is 0 Å². The predicted octanol–water partition coefficient (Wildman–Crippen LogP) is 3.88. The van der Waals surface area contributed by atoms with E-state index in [1.807, 2.05) is 24.4 Å². The smallest absolute Gasteiger partial charge is 0.195 e. The zero-order valence-corrected chi connectivity index (χ0v) is 10.5. The van der Waals surface area contributed by atoms with Crippen LogP contribution in [-0.2, 0) is 6.54 Å². The van der Waals surface area contributed by atoms with E-state index in [-0.39, 0.29) is 0 Å². The molecule has 0 atom stereocenters. The zero-order chi connectivity index (χ0) is 12.4. The number of aromatic nitrogens is 2. The number of rotatable bonds is 3. The molecule has 0 fully saturated rings. The first kappa shape index (κ1) is 11.0. The van der Waals surface area contributed by atoms with Gasteiger partial charge in [0.2, 0.25) is 0 Å². The van der Waals surface area contributed by atoms with Crippen molar-refractivity contribution in [3.63, 3.8) is 0 Å². The van der Waals surface area contributed by atoms with Crippen molar-refractivity contribution in [1.29, 1.82) is 0 Å². The van der Waals surface area contributed by atoms with Crippen LogP contribution >= 0.6 is 11.3 Å². The molecule has 3 aromatic rings. The summed E-state index contributed by atoms with van der Waals surface area (Å²) in [6.45, 7) is 2.44. The number of fused-ring (bicyclic) bond motifs is 1. The molecule has 90 valence electrons. The number of hydrogen-bond donors (Lipinski definition) is 0. The van der Waals surface area contributed by atoms with E-state index >= 15 is 0 Å². The highest BCUT2D eigenvalue weighted by Gasteiger charge is 2.07. The highest BCUT2D eigenvalue weighted by atomic mass is 32.1. The van der Waals surface area contributed by atoms with E-state index in [1.165, 1.54) is 6.33 Å². The summed E-state index contributed by atoms with van der Waals surface area (Å²) in [5.41, 5.74) is 2.09. The third-order valence-corrected chi connectivity index (χ3v) is 3.57. The fraction of sp³-hybridized carbons (Fsp3) is 0.167. The van der Waals surface area contributed by atoms with Gasteiger partial charge < -0.3 is 4.42 Å². The number of furan rings is 1. The van der Waals surface area contributed by atoms with Crippen LogP contribution in [0.3, 0.4) is 0 Å². The summed E-state index contributed by atoms with van der Waals surface area (Å²) >= 11 is 1.59. The third kappa shape index (κ3) is 2.02. The lowest BCUT2D eigenvalue weighted by Gasteiger charge is -1.94. The maximum absolute atomic E-state index is 5.18. The topological polar surface area (TPSA) is 63.6 Å². The summed E-state index contributed by atoms with van der Waals surface area (Å²) in [5, 5.41) is 10.3. The Morgan fingerprint density at radius 3 is 3.17 bits per heavy atom. The van der Waals surface area contributed by atoms with Gasteiger partial charge in [0.15, 0.2) is 5.82 Å². The fourth-order valence-electron chi connectivity index (χ4n) is 1.60. The van der Waals surface area contributed by atoms with Gasteiger partial charge in [-0.3, -0.25) is 0 Å². The number of hydrogen-bond acceptors (Lipinski definition) is 6. The third-order valence-electron chi connectivity index (χ3n) is 2.48. The molecule has 0 saturated heterocycles. The van der Waals surface area contributed by atoms with Crippen LogP contribution in [0.25, 0.3) is 10.2 Å². The van der Waals surface area contributed by atoms with Crippen LogP contribution in [-0.4, -0.2) is 9.97 Å². The molecular weight excluding hydrogens is 248 g/mol. The minimum Gasteiger partial charge on any atom is -0.467 e. The van der Waals surface area contributed by atoms with Crippen molar-refractivity contribution in [2.45, 2.75) is 13.5 Å². The quantitative estimate of drug-likeness (QED) is 0.670. The van der Waals surface area contributed by atoms with Gasteiger partial charge in [-0.1, -0.05) is 0 Å². The summed E-state index contributed by atoms with van der Waals surface area (Å²) in [5.74, 6) is 1.40. The molecule has 0 spiro atoms. The number of azo groups is 1. The van der Waals surface area contributed by atoms with Crippen LogP contribution in [0.2, 0.25) is 0 Å². The minimum atomic E-state index is 0.419. The standard InChI is InChI=1S/C12H10N4OS/c1-8-6-18-11-10(8)13-7-14-12(11)16-15-5-9-3-2-4-17-9/h2-4,6-7H,5H2,1H3. The highest BCUT2D eigenvalue weighted by Crippen LogP contribution is 2.30. The van der Waals surface area contributed by atoms with Crippen LogP contribution in [0.1, 0.15) is 11.3 Å². The molecule has 18 heavy (non-hydrogen) atoms. The fourth-order valence-corrected chi connectivity index (χ4v) is 2.53. The second-order valence-corrected chi connectivity index (χ2v) is 4.65. The van der Waals surface area contributed by atoms with Gasteiger partial charge in [-0.15, -0.1) is 16.5 Å². The lowest BCUT2D eigenvalue weighted by atomic mass is 10.3. The second-order valence-electron chi connectivity index (χ2n) is 3.77. The molecule has 0 radical (unpaired) electrons. The molecule has 0 aromatic carbocycles. The molecule has 5 nitrogen and oxygen atoms in total. The number of nitrogens with zero attached hydrogens (tertiary/aromatic N) is 4. The van der Waals surface area contributed by atoms with E-state index in [0.717, 1.165) is 21.5 Å². The van der Waals surface area contributed by atoms with Gasteiger partial charge >= 0.3 is 0 Å². The molecule has 0 bridgehead atoms. The van der Waals surface area contributed by atoms with E-state index in [0.29, 0.717) is 12.4 Å². The van der Waals surface area contributed by atoms with E-state index in [4.69, 9.17) is 4.42 Å². The lowest BCUT2D eigenvalue weighted by molar-refractivity contribution is 0.509. The Kier molecular flexibility index (Phi) is 2.85. The molecule has 0 aliphatic heterocycles. The molecular formula is C12H10N4OS. The first-order valence-corrected chi connectivity index (χ1v) is 6.31. The Hall–Kier alpha value is -2.08. The summed E-state index contributed by atoms with van der Waals surface area (Å²) in [4.78, 5) is 8.39. The largest absolute Gasteiger partial charge is 0.467 e. The summed E-state index contributed by atoms with van der Waals surface area (Å²) < 4.78 is 6.15.